The molecule has 2 nitrogen and oxygen atoms in total. The number of rotatable bonds is 2. The number of benzene rings is 1. The lowest BCUT2D eigenvalue weighted by Crippen LogP contribution is -2.20. The number of aliphatic hydroxyl groups excluding tert-OH is 1. The number of hydrogen-bond donors (Lipinski definition) is 1. The molecule has 82 valence electrons. The molecule has 1 aromatic rings. The third kappa shape index (κ3) is 2.32. The summed E-state index contributed by atoms with van der Waals surface area (Å²) >= 11 is 3.35. The molecule has 1 aliphatic heterocycles. The van der Waals surface area contributed by atoms with Crippen LogP contribution in [0.1, 0.15) is 6.42 Å². The first kappa shape index (κ1) is 10.9. The molecule has 4 heteroatoms. The molecule has 1 aliphatic rings. The highest BCUT2D eigenvalue weighted by molar-refractivity contribution is 9.10. The van der Waals surface area contributed by atoms with E-state index in [1.165, 1.54) is 12.1 Å². The van der Waals surface area contributed by atoms with Gasteiger partial charge in [0.15, 0.2) is 0 Å². The highest BCUT2D eigenvalue weighted by atomic mass is 79.9. The Hall–Kier alpha value is -0.610. The van der Waals surface area contributed by atoms with Gasteiger partial charge in [0.05, 0.1) is 5.69 Å². The van der Waals surface area contributed by atoms with E-state index in [9.17, 15) is 4.39 Å². The Labute approximate surface area is 96.8 Å². The summed E-state index contributed by atoms with van der Waals surface area (Å²) in [7, 11) is 0. The molecule has 1 atom stereocenters. The van der Waals surface area contributed by atoms with Gasteiger partial charge in [0.1, 0.15) is 5.82 Å². The van der Waals surface area contributed by atoms with Gasteiger partial charge in [0, 0.05) is 30.1 Å². The number of halogens is 2. The second-order valence-electron chi connectivity index (χ2n) is 3.88. The van der Waals surface area contributed by atoms with Gasteiger partial charge in [-0.25, -0.2) is 4.39 Å². The standard InChI is InChI=1S/C11H13BrFNO/c12-10-5-9(13)1-2-11(10)14-4-3-8(6-14)7-15/h1-2,5,8,15H,3-4,6-7H2. The molecule has 0 aromatic heterocycles. The van der Waals surface area contributed by atoms with Crippen LogP contribution in [0.15, 0.2) is 22.7 Å². The van der Waals surface area contributed by atoms with Crippen LogP contribution in [0.25, 0.3) is 0 Å². The molecule has 0 spiro atoms. The summed E-state index contributed by atoms with van der Waals surface area (Å²) in [6, 6.07) is 4.72. The van der Waals surface area contributed by atoms with Gasteiger partial charge in [0.25, 0.3) is 0 Å². The summed E-state index contributed by atoms with van der Waals surface area (Å²) in [6.07, 6.45) is 1.00. The Kier molecular flexibility index (Phi) is 3.26. The molecule has 0 saturated carbocycles. The van der Waals surface area contributed by atoms with Crippen LogP contribution in [-0.2, 0) is 0 Å². The highest BCUT2D eigenvalue weighted by Crippen LogP contribution is 2.30. The zero-order valence-corrected chi connectivity index (χ0v) is 9.87. The molecule has 1 N–H and O–H groups in total. The number of hydrogen-bond acceptors (Lipinski definition) is 2. The Bertz CT molecular complexity index is 358. The van der Waals surface area contributed by atoms with Crippen LogP contribution in [-0.4, -0.2) is 24.8 Å². The van der Waals surface area contributed by atoms with Crippen molar-refractivity contribution in [2.45, 2.75) is 6.42 Å². The predicted molar refractivity (Wildman–Crippen MR) is 61.5 cm³/mol. The van der Waals surface area contributed by atoms with Gasteiger partial charge in [-0.15, -0.1) is 0 Å². The van der Waals surface area contributed by atoms with Gasteiger partial charge >= 0.3 is 0 Å². The van der Waals surface area contributed by atoms with Crippen molar-refractivity contribution in [3.63, 3.8) is 0 Å². The summed E-state index contributed by atoms with van der Waals surface area (Å²) in [5.74, 6) is 0.116. The second-order valence-corrected chi connectivity index (χ2v) is 4.73. The molecule has 0 amide bonds. The van der Waals surface area contributed by atoms with E-state index in [1.54, 1.807) is 6.07 Å². The molecule has 15 heavy (non-hydrogen) atoms. The largest absolute Gasteiger partial charge is 0.396 e. The Morgan fingerprint density at radius 2 is 2.33 bits per heavy atom. The first-order chi connectivity index (χ1) is 7.20. The van der Waals surface area contributed by atoms with E-state index in [-0.39, 0.29) is 12.4 Å². The van der Waals surface area contributed by atoms with Crippen molar-refractivity contribution in [3.8, 4) is 0 Å². The maximum absolute atomic E-state index is 12.9. The molecular formula is C11H13BrFNO. The van der Waals surface area contributed by atoms with Crippen LogP contribution in [0, 0.1) is 11.7 Å². The molecule has 2 rings (SSSR count). The van der Waals surface area contributed by atoms with Crippen molar-refractivity contribution < 1.29 is 9.50 Å². The third-order valence-electron chi connectivity index (χ3n) is 2.79. The Balaban J connectivity index is 2.17. The molecular weight excluding hydrogens is 261 g/mol. The molecule has 1 heterocycles. The average Bonchev–Trinajstić information content (AvgIpc) is 2.66. The lowest BCUT2D eigenvalue weighted by molar-refractivity contribution is 0.238. The smallest absolute Gasteiger partial charge is 0.124 e. The second kappa shape index (κ2) is 4.49. The van der Waals surface area contributed by atoms with E-state index >= 15 is 0 Å². The monoisotopic (exact) mass is 273 g/mol. The summed E-state index contributed by atoms with van der Waals surface area (Å²) in [5, 5.41) is 9.05. The van der Waals surface area contributed by atoms with E-state index in [0.29, 0.717) is 5.92 Å². The van der Waals surface area contributed by atoms with Crippen LogP contribution < -0.4 is 4.90 Å². The van der Waals surface area contributed by atoms with Crippen LogP contribution in [0.5, 0.6) is 0 Å². The van der Waals surface area contributed by atoms with Gasteiger partial charge in [-0.2, -0.15) is 0 Å². The lowest BCUT2D eigenvalue weighted by Gasteiger charge is -2.19. The summed E-state index contributed by atoms with van der Waals surface area (Å²) in [5.41, 5.74) is 1.01. The van der Waals surface area contributed by atoms with Gasteiger partial charge < -0.3 is 10.0 Å². The van der Waals surface area contributed by atoms with Crippen molar-refractivity contribution in [1.82, 2.24) is 0 Å². The van der Waals surface area contributed by atoms with Crippen molar-refractivity contribution in [1.29, 1.82) is 0 Å². The molecule has 1 unspecified atom stereocenters. The Morgan fingerprint density at radius 1 is 1.53 bits per heavy atom. The van der Waals surface area contributed by atoms with E-state index in [0.717, 1.165) is 29.7 Å². The maximum atomic E-state index is 12.9. The first-order valence-corrected chi connectivity index (χ1v) is 5.81. The number of aliphatic hydroxyl groups is 1. The topological polar surface area (TPSA) is 23.5 Å². The fourth-order valence-corrected chi connectivity index (χ4v) is 2.54. The fraction of sp³-hybridized carbons (Fsp3) is 0.455. The third-order valence-corrected chi connectivity index (χ3v) is 3.43. The minimum Gasteiger partial charge on any atom is -0.396 e. The lowest BCUT2D eigenvalue weighted by atomic mass is 10.1. The molecule has 0 radical (unpaired) electrons. The van der Waals surface area contributed by atoms with Gasteiger partial charge in [-0.1, -0.05) is 0 Å². The van der Waals surface area contributed by atoms with Crippen molar-refractivity contribution in [2.24, 2.45) is 5.92 Å². The van der Waals surface area contributed by atoms with E-state index in [1.807, 2.05) is 0 Å². The quantitative estimate of drug-likeness (QED) is 0.895. The van der Waals surface area contributed by atoms with Gasteiger partial charge in [-0.3, -0.25) is 0 Å². The molecule has 1 saturated heterocycles. The number of nitrogens with zero attached hydrogens (tertiary/aromatic N) is 1. The van der Waals surface area contributed by atoms with Crippen molar-refractivity contribution >= 4 is 21.6 Å². The van der Waals surface area contributed by atoms with Gasteiger partial charge in [0.2, 0.25) is 0 Å². The SMILES string of the molecule is OCC1CCN(c2ccc(F)cc2Br)C1. The summed E-state index contributed by atoms with van der Waals surface area (Å²) < 4.78 is 13.7. The molecule has 0 bridgehead atoms. The van der Waals surface area contributed by atoms with E-state index < -0.39 is 0 Å². The summed E-state index contributed by atoms with van der Waals surface area (Å²) in [6.45, 7) is 2.01. The Morgan fingerprint density at radius 3 is 2.93 bits per heavy atom. The zero-order chi connectivity index (χ0) is 10.8. The molecule has 1 aromatic carbocycles. The zero-order valence-electron chi connectivity index (χ0n) is 8.29. The van der Waals surface area contributed by atoms with Crippen LogP contribution in [0.2, 0.25) is 0 Å². The van der Waals surface area contributed by atoms with Crippen LogP contribution >= 0.6 is 15.9 Å². The minimum atomic E-state index is -0.233. The molecule has 1 fully saturated rings. The minimum absolute atomic E-state index is 0.231. The average molecular weight is 274 g/mol. The first-order valence-electron chi connectivity index (χ1n) is 5.01. The normalized spacial score (nSPS) is 21.0. The van der Waals surface area contributed by atoms with Crippen LogP contribution in [0.3, 0.4) is 0 Å². The van der Waals surface area contributed by atoms with Crippen molar-refractivity contribution in [3.05, 3.63) is 28.5 Å². The van der Waals surface area contributed by atoms with Crippen LogP contribution in [0.4, 0.5) is 10.1 Å². The van der Waals surface area contributed by atoms with E-state index in [4.69, 9.17) is 5.11 Å². The predicted octanol–water partition coefficient (Wildman–Crippen LogP) is 2.41. The summed E-state index contributed by atoms with van der Waals surface area (Å²) in [4.78, 5) is 2.17. The highest BCUT2D eigenvalue weighted by Gasteiger charge is 2.23. The van der Waals surface area contributed by atoms with Gasteiger partial charge in [-0.05, 0) is 40.5 Å². The molecule has 0 aliphatic carbocycles. The number of anilines is 1. The fourth-order valence-electron chi connectivity index (χ4n) is 1.94. The maximum Gasteiger partial charge on any atom is 0.124 e. The van der Waals surface area contributed by atoms with Crippen molar-refractivity contribution in [2.75, 3.05) is 24.6 Å². The van der Waals surface area contributed by atoms with E-state index in [2.05, 4.69) is 20.8 Å².